The Hall–Kier alpha value is -3.47. The summed E-state index contributed by atoms with van der Waals surface area (Å²) in [6.07, 6.45) is -3.24. The Morgan fingerprint density at radius 1 is 1.21 bits per heavy atom. The van der Waals surface area contributed by atoms with Gasteiger partial charge in [0.15, 0.2) is 0 Å². The zero-order valence-electron chi connectivity index (χ0n) is 15.5. The fourth-order valence-electron chi connectivity index (χ4n) is 3.37. The van der Waals surface area contributed by atoms with E-state index >= 15 is 0 Å². The summed E-state index contributed by atoms with van der Waals surface area (Å²) in [4.78, 5) is 15.4. The molecule has 1 unspecified atom stereocenters. The van der Waals surface area contributed by atoms with Crippen LogP contribution in [0.5, 0.6) is 0 Å². The van der Waals surface area contributed by atoms with Crippen LogP contribution >= 0.6 is 0 Å². The lowest BCUT2D eigenvalue weighted by atomic mass is 10.0. The van der Waals surface area contributed by atoms with Crippen LogP contribution in [0.1, 0.15) is 5.56 Å². The number of halogens is 3. The lowest BCUT2D eigenvalue weighted by Crippen LogP contribution is -2.53. The summed E-state index contributed by atoms with van der Waals surface area (Å²) in [6.45, 7) is 4.20. The Bertz CT molecular complexity index is 934. The highest BCUT2D eigenvalue weighted by Crippen LogP contribution is 2.40. The van der Waals surface area contributed by atoms with Gasteiger partial charge in [0.05, 0.1) is 29.0 Å². The molecule has 2 aromatic carbocycles. The molecule has 1 atom stereocenters. The minimum absolute atomic E-state index is 0.118. The normalized spacial score (nSPS) is 16.0. The number of benzene rings is 2. The van der Waals surface area contributed by atoms with Crippen molar-refractivity contribution in [3.8, 4) is 6.07 Å². The summed E-state index contributed by atoms with van der Waals surface area (Å²) in [5.41, 5.74) is 1.45. The summed E-state index contributed by atoms with van der Waals surface area (Å²) in [7, 11) is 0. The van der Waals surface area contributed by atoms with Crippen molar-refractivity contribution < 1.29 is 18.0 Å². The van der Waals surface area contributed by atoms with Gasteiger partial charge >= 0.3 is 6.18 Å². The van der Waals surface area contributed by atoms with Crippen molar-refractivity contribution in [2.75, 3.05) is 29.4 Å². The highest BCUT2D eigenvalue weighted by molar-refractivity contribution is 5.87. The molecule has 1 heterocycles. The smallest absolute Gasteiger partial charge is 0.350 e. The van der Waals surface area contributed by atoms with E-state index in [-0.39, 0.29) is 25.0 Å². The first-order valence-corrected chi connectivity index (χ1v) is 8.93. The largest absolute Gasteiger partial charge is 0.416 e. The molecule has 8 heteroatoms. The predicted molar refractivity (Wildman–Crippen MR) is 105 cm³/mol. The molecule has 0 fully saturated rings. The first kappa shape index (κ1) is 20.3. The van der Waals surface area contributed by atoms with Crippen molar-refractivity contribution in [3.63, 3.8) is 0 Å². The van der Waals surface area contributed by atoms with E-state index in [0.717, 1.165) is 23.5 Å². The lowest BCUT2D eigenvalue weighted by Gasteiger charge is -2.43. The van der Waals surface area contributed by atoms with Crippen LogP contribution in [0, 0.1) is 11.3 Å². The maximum Gasteiger partial charge on any atom is 0.416 e. The van der Waals surface area contributed by atoms with Crippen LogP contribution < -0.4 is 15.1 Å². The van der Waals surface area contributed by atoms with Gasteiger partial charge in [0.1, 0.15) is 6.54 Å². The minimum atomic E-state index is -4.40. The number of carbonyl (C=O) groups is 1. The Balaban J connectivity index is 1.98. The Morgan fingerprint density at radius 2 is 1.86 bits per heavy atom. The second-order valence-electron chi connectivity index (χ2n) is 6.53. The fraction of sp³-hybridized carbons (Fsp3) is 0.238. The van der Waals surface area contributed by atoms with Crippen LogP contribution in [0.4, 0.5) is 30.2 Å². The molecule has 2 aromatic rings. The predicted octanol–water partition coefficient (Wildman–Crippen LogP) is 3.86. The van der Waals surface area contributed by atoms with Gasteiger partial charge in [-0.15, -0.1) is 0 Å². The Morgan fingerprint density at radius 3 is 2.45 bits per heavy atom. The topological polar surface area (TPSA) is 59.4 Å². The van der Waals surface area contributed by atoms with Crippen molar-refractivity contribution in [1.29, 1.82) is 5.26 Å². The van der Waals surface area contributed by atoms with Crippen LogP contribution in [0.3, 0.4) is 0 Å². The molecule has 1 aliphatic rings. The quantitative estimate of drug-likeness (QED) is 0.612. The number of fused-ring (bicyclic) bond motifs is 1. The third kappa shape index (κ3) is 4.35. The molecule has 1 amide bonds. The molecule has 0 aliphatic carbocycles. The molecule has 0 spiro atoms. The van der Waals surface area contributed by atoms with E-state index in [0.29, 0.717) is 12.2 Å². The zero-order valence-corrected chi connectivity index (χ0v) is 15.5. The van der Waals surface area contributed by atoms with Crippen LogP contribution in [-0.2, 0) is 11.0 Å². The van der Waals surface area contributed by atoms with E-state index in [1.54, 1.807) is 0 Å². The highest BCUT2D eigenvalue weighted by atomic mass is 19.4. The third-order valence-electron chi connectivity index (χ3n) is 4.76. The average Bonchev–Trinajstić information content (AvgIpc) is 2.72. The van der Waals surface area contributed by atoms with E-state index in [9.17, 15) is 23.2 Å². The van der Waals surface area contributed by atoms with Gasteiger partial charge in [0.25, 0.3) is 0 Å². The van der Waals surface area contributed by atoms with Crippen LogP contribution in [0.25, 0.3) is 0 Å². The molecule has 0 bridgehead atoms. The van der Waals surface area contributed by atoms with Gasteiger partial charge in [-0.1, -0.05) is 18.7 Å². The lowest BCUT2D eigenvalue weighted by molar-refractivity contribution is -0.137. The summed E-state index contributed by atoms with van der Waals surface area (Å²) >= 11 is 0. The SMILES string of the molecule is C=CC(=O)NCC1CN(c2ccc(C(F)(F)F)cc2)c2ccccc2N1CC#N. The van der Waals surface area contributed by atoms with Crippen LogP contribution in [0.2, 0.25) is 0 Å². The molecule has 5 nitrogen and oxygen atoms in total. The van der Waals surface area contributed by atoms with E-state index in [4.69, 9.17) is 0 Å². The molecule has 0 saturated heterocycles. The van der Waals surface area contributed by atoms with E-state index in [1.165, 1.54) is 18.2 Å². The number of hydrogen-bond donors (Lipinski definition) is 1. The Labute approximate surface area is 166 Å². The third-order valence-corrected chi connectivity index (χ3v) is 4.76. The second-order valence-corrected chi connectivity index (χ2v) is 6.53. The first-order valence-electron chi connectivity index (χ1n) is 8.93. The Kier molecular flexibility index (Phi) is 5.78. The molecular weight excluding hydrogens is 381 g/mol. The highest BCUT2D eigenvalue weighted by Gasteiger charge is 2.33. The van der Waals surface area contributed by atoms with Crippen molar-refractivity contribution in [2.24, 2.45) is 0 Å². The second kappa shape index (κ2) is 8.27. The molecule has 3 rings (SSSR count). The number of carbonyl (C=O) groups excluding carboxylic acids is 1. The molecule has 29 heavy (non-hydrogen) atoms. The first-order chi connectivity index (χ1) is 13.8. The van der Waals surface area contributed by atoms with Gasteiger partial charge in [-0.25, -0.2) is 0 Å². The number of rotatable bonds is 5. The number of nitriles is 1. The number of nitrogens with one attached hydrogen (secondary N) is 1. The van der Waals surface area contributed by atoms with E-state index in [2.05, 4.69) is 18.0 Å². The van der Waals surface area contributed by atoms with Gasteiger partial charge in [-0.3, -0.25) is 4.79 Å². The molecule has 0 radical (unpaired) electrons. The van der Waals surface area contributed by atoms with Gasteiger partial charge in [-0.05, 0) is 42.5 Å². The summed E-state index contributed by atoms with van der Waals surface area (Å²) < 4.78 is 38.7. The summed E-state index contributed by atoms with van der Waals surface area (Å²) in [6, 6.07) is 14.2. The maximum atomic E-state index is 12.9. The molecular formula is C21H19F3N4O. The number of anilines is 3. The summed E-state index contributed by atoms with van der Waals surface area (Å²) in [5, 5.41) is 12.0. The van der Waals surface area contributed by atoms with Gasteiger partial charge in [-0.2, -0.15) is 18.4 Å². The monoisotopic (exact) mass is 400 g/mol. The number of amides is 1. The van der Waals surface area contributed by atoms with Gasteiger partial charge < -0.3 is 15.1 Å². The standard InChI is InChI=1S/C21H19F3N4O/c1-2-20(29)26-13-17-14-28(16-9-7-15(8-10-16)21(22,23)24)19-6-4-3-5-18(19)27(17)12-11-25/h2-10,17H,1,12-14H2,(H,26,29). The molecule has 1 N–H and O–H groups in total. The average molecular weight is 400 g/mol. The zero-order chi connectivity index (χ0) is 21.0. The fourth-order valence-corrected chi connectivity index (χ4v) is 3.37. The van der Waals surface area contributed by atoms with Crippen molar-refractivity contribution in [1.82, 2.24) is 5.32 Å². The van der Waals surface area contributed by atoms with E-state index < -0.39 is 11.7 Å². The van der Waals surface area contributed by atoms with Crippen molar-refractivity contribution >= 4 is 23.0 Å². The number of nitrogens with zero attached hydrogens (tertiary/aromatic N) is 3. The van der Waals surface area contributed by atoms with Crippen LogP contribution in [-0.4, -0.2) is 31.6 Å². The number of para-hydroxylation sites is 2. The molecule has 0 saturated carbocycles. The van der Waals surface area contributed by atoms with Gasteiger partial charge in [0.2, 0.25) is 5.91 Å². The molecule has 0 aromatic heterocycles. The van der Waals surface area contributed by atoms with Crippen molar-refractivity contribution in [3.05, 3.63) is 66.7 Å². The minimum Gasteiger partial charge on any atom is -0.350 e. The van der Waals surface area contributed by atoms with Crippen molar-refractivity contribution in [2.45, 2.75) is 12.2 Å². The molecule has 1 aliphatic heterocycles. The number of alkyl halides is 3. The number of hydrogen-bond acceptors (Lipinski definition) is 4. The van der Waals surface area contributed by atoms with Gasteiger partial charge in [0, 0.05) is 18.8 Å². The maximum absolute atomic E-state index is 12.9. The van der Waals surface area contributed by atoms with Crippen LogP contribution in [0.15, 0.2) is 61.2 Å². The van der Waals surface area contributed by atoms with E-state index in [1.807, 2.05) is 34.1 Å². The summed E-state index contributed by atoms with van der Waals surface area (Å²) in [5.74, 6) is -0.332. The molecule has 150 valence electrons.